The number of aliphatic hydroxyl groups is 1. The first-order chi connectivity index (χ1) is 7.56. The molecule has 0 unspecified atom stereocenters. The smallest absolute Gasteiger partial charge is 0.331 e. The Labute approximate surface area is 96.7 Å². The third-order valence-electron chi connectivity index (χ3n) is 3.17. The first kappa shape index (κ1) is 13.0. The monoisotopic (exact) mass is 227 g/mol. The van der Waals surface area contributed by atoms with E-state index in [1.807, 2.05) is 0 Å². The van der Waals surface area contributed by atoms with Gasteiger partial charge in [0.15, 0.2) is 0 Å². The Morgan fingerprint density at radius 1 is 1.56 bits per heavy atom. The first-order valence-corrected chi connectivity index (χ1v) is 5.76. The van der Waals surface area contributed by atoms with Crippen molar-refractivity contribution in [2.75, 3.05) is 13.7 Å². The molecule has 1 saturated carbocycles. The third-order valence-corrected chi connectivity index (χ3v) is 3.17. The van der Waals surface area contributed by atoms with E-state index < -0.39 is 11.6 Å². The predicted octanol–water partition coefficient (Wildman–Crippen LogP) is 1.20. The lowest BCUT2D eigenvalue weighted by Crippen LogP contribution is -2.41. The van der Waals surface area contributed by atoms with Crippen molar-refractivity contribution < 1.29 is 14.6 Å². The van der Waals surface area contributed by atoms with Crippen LogP contribution in [0.4, 0.5) is 0 Å². The van der Waals surface area contributed by atoms with Crippen LogP contribution in [0, 0.1) is 5.92 Å². The first-order valence-electron chi connectivity index (χ1n) is 5.76. The SMILES string of the molecule is COC(=O)/C=C/NCC1(O)CCC(C)CC1. The van der Waals surface area contributed by atoms with Crippen LogP contribution in [0.5, 0.6) is 0 Å². The van der Waals surface area contributed by atoms with Gasteiger partial charge in [0.25, 0.3) is 0 Å². The van der Waals surface area contributed by atoms with Crippen molar-refractivity contribution in [1.29, 1.82) is 0 Å². The van der Waals surface area contributed by atoms with E-state index in [4.69, 9.17) is 0 Å². The summed E-state index contributed by atoms with van der Waals surface area (Å²) in [6.07, 6.45) is 6.63. The number of hydrogen-bond donors (Lipinski definition) is 2. The van der Waals surface area contributed by atoms with Gasteiger partial charge >= 0.3 is 5.97 Å². The van der Waals surface area contributed by atoms with Crippen LogP contribution in [-0.4, -0.2) is 30.3 Å². The minimum absolute atomic E-state index is 0.392. The third kappa shape index (κ3) is 4.23. The molecule has 1 aliphatic carbocycles. The number of nitrogens with one attached hydrogen (secondary N) is 1. The van der Waals surface area contributed by atoms with Crippen molar-refractivity contribution in [3.8, 4) is 0 Å². The molecule has 16 heavy (non-hydrogen) atoms. The van der Waals surface area contributed by atoms with Crippen LogP contribution in [0.3, 0.4) is 0 Å². The molecule has 0 aromatic rings. The average molecular weight is 227 g/mol. The molecule has 2 N–H and O–H groups in total. The van der Waals surface area contributed by atoms with Crippen molar-refractivity contribution in [3.05, 3.63) is 12.3 Å². The van der Waals surface area contributed by atoms with Crippen LogP contribution < -0.4 is 5.32 Å². The van der Waals surface area contributed by atoms with Gasteiger partial charge in [0.2, 0.25) is 0 Å². The molecule has 4 heteroatoms. The highest BCUT2D eigenvalue weighted by molar-refractivity contribution is 5.81. The molecule has 0 aromatic carbocycles. The zero-order chi connectivity index (χ0) is 12.0. The molecule has 0 radical (unpaired) electrons. The van der Waals surface area contributed by atoms with Crippen molar-refractivity contribution in [2.24, 2.45) is 5.92 Å². The average Bonchev–Trinajstić information content (AvgIpc) is 2.29. The van der Waals surface area contributed by atoms with Crippen LogP contribution in [0.15, 0.2) is 12.3 Å². The Bertz CT molecular complexity index is 255. The van der Waals surface area contributed by atoms with E-state index >= 15 is 0 Å². The summed E-state index contributed by atoms with van der Waals surface area (Å²) >= 11 is 0. The van der Waals surface area contributed by atoms with Crippen molar-refractivity contribution >= 4 is 5.97 Å². The van der Waals surface area contributed by atoms with E-state index in [2.05, 4.69) is 17.0 Å². The highest BCUT2D eigenvalue weighted by Crippen LogP contribution is 2.31. The number of esters is 1. The Morgan fingerprint density at radius 2 is 2.19 bits per heavy atom. The Morgan fingerprint density at radius 3 is 2.75 bits per heavy atom. The molecule has 0 bridgehead atoms. The molecule has 0 aliphatic heterocycles. The maximum absolute atomic E-state index is 10.8. The normalized spacial score (nSPS) is 30.3. The number of carbonyl (C=O) groups is 1. The fraction of sp³-hybridized carbons (Fsp3) is 0.750. The van der Waals surface area contributed by atoms with Gasteiger partial charge in [-0.05, 0) is 31.6 Å². The molecule has 0 amide bonds. The minimum Gasteiger partial charge on any atom is -0.466 e. The van der Waals surface area contributed by atoms with E-state index in [-0.39, 0.29) is 0 Å². The van der Waals surface area contributed by atoms with Gasteiger partial charge in [0.05, 0.1) is 12.7 Å². The van der Waals surface area contributed by atoms with E-state index in [0.717, 1.165) is 25.7 Å². The molecule has 1 rings (SSSR count). The molecule has 0 aromatic heterocycles. The summed E-state index contributed by atoms with van der Waals surface area (Å²) in [5, 5.41) is 13.1. The number of ether oxygens (including phenoxy) is 1. The lowest BCUT2D eigenvalue weighted by molar-refractivity contribution is -0.134. The molecule has 92 valence electrons. The van der Waals surface area contributed by atoms with Crippen LogP contribution in [-0.2, 0) is 9.53 Å². The molecule has 1 fully saturated rings. The van der Waals surface area contributed by atoms with Gasteiger partial charge < -0.3 is 15.2 Å². The molecule has 0 heterocycles. The van der Waals surface area contributed by atoms with E-state index in [1.165, 1.54) is 19.4 Å². The van der Waals surface area contributed by atoms with Gasteiger partial charge in [-0.1, -0.05) is 6.92 Å². The van der Waals surface area contributed by atoms with Crippen LogP contribution in [0.1, 0.15) is 32.6 Å². The fourth-order valence-electron chi connectivity index (χ4n) is 1.92. The Kier molecular flexibility index (Phi) is 4.80. The predicted molar refractivity (Wildman–Crippen MR) is 61.7 cm³/mol. The van der Waals surface area contributed by atoms with Gasteiger partial charge in [-0.25, -0.2) is 4.79 Å². The lowest BCUT2D eigenvalue weighted by atomic mass is 9.79. The van der Waals surface area contributed by atoms with Crippen molar-refractivity contribution in [1.82, 2.24) is 5.32 Å². The molecular weight excluding hydrogens is 206 g/mol. The summed E-state index contributed by atoms with van der Waals surface area (Å²) in [6.45, 7) is 2.71. The largest absolute Gasteiger partial charge is 0.466 e. The van der Waals surface area contributed by atoms with Gasteiger partial charge in [0, 0.05) is 18.8 Å². The van der Waals surface area contributed by atoms with E-state index in [0.29, 0.717) is 12.5 Å². The molecule has 0 atom stereocenters. The van der Waals surface area contributed by atoms with Crippen molar-refractivity contribution in [3.63, 3.8) is 0 Å². The van der Waals surface area contributed by atoms with Crippen LogP contribution in [0.25, 0.3) is 0 Å². The number of hydrogen-bond acceptors (Lipinski definition) is 4. The molecule has 0 spiro atoms. The highest BCUT2D eigenvalue weighted by Gasteiger charge is 2.30. The second-order valence-electron chi connectivity index (χ2n) is 4.64. The standard InChI is InChI=1S/C12H21NO3/c1-10-3-6-12(15,7-4-10)9-13-8-5-11(14)16-2/h5,8,10,13,15H,3-4,6-7,9H2,1-2H3/b8-5+. The Balaban J connectivity index is 2.26. The van der Waals surface area contributed by atoms with E-state index in [9.17, 15) is 9.90 Å². The molecule has 1 aliphatic rings. The zero-order valence-corrected chi connectivity index (χ0v) is 10.0. The number of rotatable bonds is 4. The van der Waals surface area contributed by atoms with Gasteiger partial charge in [0.1, 0.15) is 0 Å². The van der Waals surface area contributed by atoms with Gasteiger partial charge in [-0.2, -0.15) is 0 Å². The highest BCUT2D eigenvalue weighted by atomic mass is 16.5. The summed E-state index contributed by atoms with van der Waals surface area (Å²) in [7, 11) is 1.34. The zero-order valence-electron chi connectivity index (χ0n) is 10.0. The second kappa shape index (κ2) is 5.89. The summed E-state index contributed by atoms with van der Waals surface area (Å²) in [5.74, 6) is 0.322. The number of methoxy groups -OCH3 is 1. The van der Waals surface area contributed by atoms with E-state index in [1.54, 1.807) is 0 Å². The van der Waals surface area contributed by atoms with Crippen LogP contribution >= 0.6 is 0 Å². The number of carbonyl (C=O) groups excluding carboxylic acids is 1. The Hall–Kier alpha value is -1.03. The van der Waals surface area contributed by atoms with Gasteiger partial charge in [-0.15, -0.1) is 0 Å². The molecule has 4 nitrogen and oxygen atoms in total. The quantitative estimate of drug-likeness (QED) is 0.560. The van der Waals surface area contributed by atoms with Crippen LogP contribution in [0.2, 0.25) is 0 Å². The molecule has 0 saturated heterocycles. The molecular formula is C12H21NO3. The maximum atomic E-state index is 10.8. The van der Waals surface area contributed by atoms with Gasteiger partial charge in [-0.3, -0.25) is 0 Å². The summed E-state index contributed by atoms with van der Waals surface area (Å²) in [5.41, 5.74) is -0.618. The maximum Gasteiger partial charge on any atom is 0.331 e. The second-order valence-corrected chi connectivity index (χ2v) is 4.64. The summed E-state index contributed by atoms with van der Waals surface area (Å²) in [4.78, 5) is 10.8. The summed E-state index contributed by atoms with van der Waals surface area (Å²) < 4.78 is 4.45. The summed E-state index contributed by atoms with van der Waals surface area (Å²) in [6, 6.07) is 0. The fourth-order valence-corrected chi connectivity index (χ4v) is 1.92. The minimum atomic E-state index is -0.618. The topological polar surface area (TPSA) is 58.6 Å². The van der Waals surface area contributed by atoms with Crippen molar-refractivity contribution in [2.45, 2.75) is 38.2 Å². The lowest BCUT2D eigenvalue weighted by Gasteiger charge is -2.34.